The molecule has 2 heterocycles. The predicted molar refractivity (Wildman–Crippen MR) is 74.6 cm³/mol. The van der Waals surface area contributed by atoms with Crippen molar-refractivity contribution in [2.45, 2.75) is 26.2 Å². The first-order chi connectivity index (χ1) is 9.56. The first-order valence-corrected chi connectivity index (χ1v) is 7.09. The number of fused-ring (bicyclic) bond motifs is 1. The van der Waals surface area contributed by atoms with Crippen molar-refractivity contribution in [2.75, 3.05) is 5.32 Å². The van der Waals surface area contributed by atoms with Gasteiger partial charge in [0.2, 0.25) is 0 Å². The van der Waals surface area contributed by atoms with E-state index < -0.39 is 11.9 Å². The summed E-state index contributed by atoms with van der Waals surface area (Å²) < 4.78 is 0. The normalized spacial score (nSPS) is 13.2. The van der Waals surface area contributed by atoms with Crippen molar-refractivity contribution in [3.8, 4) is 0 Å². The lowest BCUT2D eigenvalue weighted by Gasteiger charge is -2.03. The molecule has 0 aliphatic heterocycles. The van der Waals surface area contributed by atoms with E-state index in [1.807, 2.05) is 0 Å². The Kier molecular flexibility index (Phi) is 3.06. The number of hydrogen-bond acceptors (Lipinski definition) is 4. The summed E-state index contributed by atoms with van der Waals surface area (Å²) in [7, 11) is 0. The smallest absolute Gasteiger partial charge is 0.339 e. The van der Waals surface area contributed by atoms with Crippen LogP contribution in [0.1, 0.15) is 43.4 Å². The number of rotatable bonds is 3. The van der Waals surface area contributed by atoms with E-state index in [0.29, 0.717) is 5.00 Å². The largest absolute Gasteiger partial charge is 0.478 e. The molecule has 6 nitrogen and oxygen atoms in total. The maximum Gasteiger partial charge on any atom is 0.339 e. The highest BCUT2D eigenvalue weighted by atomic mass is 32.1. The number of H-pyrrole nitrogens is 1. The number of carboxylic acid groups (broad SMARTS) is 1. The zero-order valence-electron chi connectivity index (χ0n) is 10.8. The number of aromatic carboxylic acids is 1. The summed E-state index contributed by atoms with van der Waals surface area (Å²) in [5.41, 5.74) is 2.15. The third kappa shape index (κ3) is 2.09. The third-order valence-corrected chi connectivity index (χ3v) is 4.51. The number of anilines is 1. The van der Waals surface area contributed by atoms with Crippen LogP contribution in [0.4, 0.5) is 5.00 Å². The van der Waals surface area contributed by atoms with Gasteiger partial charge in [0.15, 0.2) is 5.69 Å². The molecule has 7 heteroatoms. The molecule has 0 radical (unpaired) electrons. The molecule has 0 unspecified atom stereocenters. The van der Waals surface area contributed by atoms with E-state index in [1.54, 1.807) is 13.0 Å². The van der Waals surface area contributed by atoms with Gasteiger partial charge in [0.25, 0.3) is 5.91 Å². The number of nitrogens with zero attached hydrogens (tertiary/aromatic N) is 1. The summed E-state index contributed by atoms with van der Waals surface area (Å²) in [6.07, 6.45) is 2.64. The maximum absolute atomic E-state index is 12.0. The fourth-order valence-electron chi connectivity index (χ4n) is 2.42. The highest BCUT2D eigenvalue weighted by Crippen LogP contribution is 2.39. The molecule has 0 atom stereocenters. The van der Waals surface area contributed by atoms with E-state index in [1.165, 1.54) is 11.3 Å². The molecular weight excluding hydrogens is 278 g/mol. The first kappa shape index (κ1) is 12.9. The molecule has 3 rings (SSSR count). The second-order valence-electron chi connectivity index (χ2n) is 4.76. The summed E-state index contributed by atoms with van der Waals surface area (Å²) in [4.78, 5) is 24.5. The summed E-state index contributed by atoms with van der Waals surface area (Å²) in [6, 6.07) is 1.62. The van der Waals surface area contributed by atoms with Crippen LogP contribution in [0.15, 0.2) is 6.07 Å². The van der Waals surface area contributed by atoms with Crippen molar-refractivity contribution >= 4 is 28.2 Å². The van der Waals surface area contributed by atoms with E-state index >= 15 is 0 Å². The monoisotopic (exact) mass is 291 g/mol. The Hall–Kier alpha value is -2.15. The van der Waals surface area contributed by atoms with Gasteiger partial charge in [-0.3, -0.25) is 9.89 Å². The molecule has 1 amide bonds. The van der Waals surface area contributed by atoms with E-state index in [9.17, 15) is 14.7 Å². The number of carbonyl (C=O) groups excluding carboxylic acids is 1. The van der Waals surface area contributed by atoms with Crippen molar-refractivity contribution in [1.82, 2.24) is 10.2 Å². The summed E-state index contributed by atoms with van der Waals surface area (Å²) in [6.45, 7) is 1.80. The lowest BCUT2D eigenvalue weighted by atomic mass is 10.1. The average Bonchev–Trinajstić information content (AvgIpc) is 3.03. The zero-order valence-corrected chi connectivity index (χ0v) is 11.6. The fourth-order valence-corrected chi connectivity index (χ4v) is 3.70. The molecule has 0 spiro atoms. The highest BCUT2D eigenvalue weighted by Gasteiger charge is 2.27. The predicted octanol–water partition coefficient (Wildman–Crippen LogP) is 2.22. The van der Waals surface area contributed by atoms with Gasteiger partial charge in [-0.2, -0.15) is 5.10 Å². The third-order valence-electron chi connectivity index (χ3n) is 3.30. The first-order valence-electron chi connectivity index (χ1n) is 6.27. The van der Waals surface area contributed by atoms with Crippen LogP contribution in [0.25, 0.3) is 0 Å². The summed E-state index contributed by atoms with van der Waals surface area (Å²) in [5, 5.41) is 19.0. The Morgan fingerprint density at radius 3 is 2.90 bits per heavy atom. The van der Waals surface area contributed by atoms with E-state index in [4.69, 9.17) is 0 Å². The van der Waals surface area contributed by atoms with Gasteiger partial charge >= 0.3 is 5.97 Å². The molecule has 0 aromatic carbocycles. The number of carbonyl (C=O) groups is 2. The van der Waals surface area contributed by atoms with E-state index in [2.05, 4.69) is 15.5 Å². The number of aryl methyl sites for hydroxylation is 2. The van der Waals surface area contributed by atoms with Crippen LogP contribution in [-0.4, -0.2) is 27.2 Å². The molecule has 20 heavy (non-hydrogen) atoms. The van der Waals surface area contributed by atoms with Gasteiger partial charge in [-0.1, -0.05) is 0 Å². The zero-order chi connectivity index (χ0) is 14.3. The number of aromatic amines is 1. The second kappa shape index (κ2) is 4.75. The second-order valence-corrected chi connectivity index (χ2v) is 5.86. The van der Waals surface area contributed by atoms with Crippen molar-refractivity contribution in [1.29, 1.82) is 0 Å². The standard InChI is InChI=1S/C13H13N3O3S/c1-6-5-8(16-15-6)11(17)14-12-10(13(18)19)7-3-2-4-9(7)20-12/h5H,2-4H2,1H3,(H,14,17)(H,15,16)(H,18,19). The molecule has 3 N–H and O–H groups in total. The molecule has 104 valence electrons. The van der Waals surface area contributed by atoms with E-state index in [0.717, 1.165) is 35.4 Å². The molecule has 0 bridgehead atoms. The topological polar surface area (TPSA) is 95.1 Å². The quantitative estimate of drug-likeness (QED) is 0.808. The van der Waals surface area contributed by atoms with Gasteiger partial charge in [-0.15, -0.1) is 11.3 Å². The molecule has 0 fully saturated rings. The highest BCUT2D eigenvalue weighted by molar-refractivity contribution is 7.17. The number of hydrogen-bond donors (Lipinski definition) is 3. The SMILES string of the molecule is Cc1cc(C(=O)Nc2sc3c(c2C(=O)O)CCC3)n[nH]1. The van der Waals surface area contributed by atoms with Gasteiger partial charge < -0.3 is 10.4 Å². The fraction of sp³-hybridized carbons (Fsp3) is 0.308. The summed E-state index contributed by atoms with van der Waals surface area (Å²) in [5.74, 6) is -1.38. The minimum absolute atomic E-state index is 0.239. The molecule has 1 aliphatic rings. The number of nitrogens with one attached hydrogen (secondary N) is 2. The summed E-state index contributed by atoms with van der Waals surface area (Å²) >= 11 is 1.36. The molecule has 0 saturated carbocycles. The number of aromatic nitrogens is 2. The Balaban J connectivity index is 1.91. The molecular formula is C13H13N3O3S. The Morgan fingerprint density at radius 2 is 2.25 bits per heavy atom. The Labute approximate surface area is 118 Å². The molecule has 1 aliphatic carbocycles. The average molecular weight is 291 g/mol. The lowest BCUT2D eigenvalue weighted by Crippen LogP contribution is -2.14. The van der Waals surface area contributed by atoms with Crippen molar-refractivity contribution in [3.63, 3.8) is 0 Å². The van der Waals surface area contributed by atoms with E-state index in [-0.39, 0.29) is 11.3 Å². The Morgan fingerprint density at radius 1 is 1.45 bits per heavy atom. The minimum atomic E-state index is -0.988. The van der Waals surface area contributed by atoms with Gasteiger partial charge in [-0.05, 0) is 37.8 Å². The number of amides is 1. The van der Waals surface area contributed by atoms with Gasteiger partial charge in [-0.25, -0.2) is 4.79 Å². The molecule has 0 saturated heterocycles. The maximum atomic E-state index is 12.0. The van der Waals surface area contributed by atoms with Gasteiger partial charge in [0.1, 0.15) is 5.00 Å². The van der Waals surface area contributed by atoms with Crippen LogP contribution >= 0.6 is 11.3 Å². The number of carboxylic acids is 1. The van der Waals surface area contributed by atoms with Gasteiger partial charge in [0.05, 0.1) is 5.56 Å². The van der Waals surface area contributed by atoms with Gasteiger partial charge in [0, 0.05) is 10.6 Å². The van der Waals surface area contributed by atoms with Crippen molar-refractivity contribution < 1.29 is 14.7 Å². The number of thiophene rings is 1. The van der Waals surface area contributed by atoms with Crippen LogP contribution in [-0.2, 0) is 12.8 Å². The molecule has 2 aromatic rings. The van der Waals surface area contributed by atoms with Crippen molar-refractivity contribution in [3.05, 3.63) is 33.5 Å². The van der Waals surface area contributed by atoms with Crippen LogP contribution in [0.2, 0.25) is 0 Å². The van der Waals surface area contributed by atoms with Crippen LogP contribution in [0, 0.1) is 6.92 Å². The van der Waals surface area contributed by atoms with Crippen LogP contribution < -0.4 is 5.32 Å². The lowest BCUT2D eigenvalue weighted by molar-refractivity contribution is 0.0697. The molecule has 2 aromatic heterocycles. The minimum Gasteiger partial charge on any atom is -0.478 e. The van der Waals surface area contributed by atoms with Crippen LogP contribution in [0.5, 0.6) is 0 Å². The van der Waals surface area contributed by atoms with Crippen LogP contribution in [0.3, 0.4) is 0 Å². The Bertz CT molecular complexity index is 702. The van der Waals surface area contributed by atoms with Crippen molar-refractivity contribution in [2.24, 2.45) is 0 Å².